The molecule has 2 rings (SSSR count). The normalized spacial score (nSPS) is 33.8. The molecular formula is C16H26O24S4-4. The lowest BCUT2D eigenvalue weighted by molar-refractivity contribution is -0.471. The minimum absolute atomic E-state index is 0.0384. The molecular weight excluding hydrogens is 704 g/mol. The van der Waals surface area contributed by atoms with Crippen LogP contribution in [0, 0.1) is 0 Å². The zero-order valence-electron chi connectivity index (χ0n) is 22.6. The quantitative estimate of drug-likeness (QED) is 0.0229. The SMILES string of the molecule is COOOSO[C@@H]1C(OC[O-])O[C@@H](O[C@H]2C(OC)C(OS(=O)(=O)[O-])[C@@H](OC)O[C@H]2COS(=O)(=O)[O-])C(OS(=O)(=O)[O-])[C@H]1OC. The summed E-state index contributed by atoms with van der Waals surface area (Å²) in [4.78, 5) is 4.17. The maximum absolute atomic E-state index is 11.7. The third-order valence-electron chi connectivity index (χ3n) is 5.45. The molecule has 0 spiro atoms. The van der Waals surface area contributed by atoms with Gasteiger partial charge in [0.2, 0.25) is 31.2 Å². The largest absolute Gasteiger partial charge is 0.834 e. The lowest BCUT2D eigenvalue weighted by Gasteiger charge is -2.49. The summed E-state index contributed by atoms with van der Waals surface area (Å²) < 4.78 is 162. The third-order valence-corrected chi connectivity index (χ3v) is 7.20. The van der Waals surface area contributed by atoms with Crippen LogP contribution in [-0.4, -0.2) is 142 Å². The Hall–Kier alpha value is -0.520. The van der Waals surface area contributed by atoms with Gasteiger partial charge in [0.05, 0.1) is 13.7 Å². The lowest BCUT2D eigenvalue weighted by atomic mass is 9.98. The van der Waals surface area contributed by atoms with Crippen LogP contribution in [0.5, 0.6) is 0 Å². The molecule has 4 unspecified atom stereocenters. The molecule has 24 nitrogen and oxygen atoms in total. The Kier molecular flexibility index (Phi) is 15.8. The van der Waals surface area contributed by atoms with E-state index in [9.17, 15) is 44.0 Å². The van der Waals surface area contributed by atoms with Crippen LogP contribution in [0.15, 0.2) is 0 Å². The van der Waals surface area contributed by atoms with Gasteiger partial charge in [-0.2, -0.15) is 0 Å². The first-order valence-corrected chi connectivity index (χ1v) is 16.0. The Labute approximate surface area is 254 Å². The Bertz CT molecular complexity index is 1180. The van der Waals surface area contributed by atoms with Crippen molar-refractivity contribution in [3.8, 4) is 0 Å². The molecule has 0 amide bonds. The molecule has 10 atom stereocenters. The monoisotopic (exact) mass is 730 g/mol. The van der Waals surface area contributed by atoms with E-state index < -0.39 is 106 Å². The maximum Gasteiger partial charge on any atom is 0.218 e. The molecule has 2 heterocycles. The zero-order valence-corrected chi connectivity index (χ0v) is 25.9. The van der Waals surface area contributed by atoms with E-state index in [1.165, 1.54) is 0 Å². The predicted octanol–water partition coefficient (Wildman–Crippen LogP) is -4.58. The Morgan fingerprint density at radius 3 is 1.73 bits per heavy atom. The average Bonchev–Trinajstić information content (AvgIpc) is 2.90. The smallest absolute Gasteiger partial charge is 0.218 e. The second-order valence-electron chi connectivity index (χ2n) is 8.00. The molecule has 0 aromatic rings. The number of hydrogen-bond acceptors (Lipinski definition) is 25. The molecule has 0 aliphatic carbocycles. The standard InChI is InChI=1S/C16H29O24S4/c1-27-9-8(7(5-32-42(18,19)20)33-14(29-3)12(9)37-43(21,22)23)34-16-13(38-44(24,25)26)10(28-2)11(15(35-16)31-6-17)36-41-40-39-30-4/h7-16H,5-6H2,1-4H3,(H,18,19,20)(H,21,22,23)(H,24,25,26)/q-1/p-3/t7-,8+,9?,10-,11-,12?,13?,14-,15?,16+/m0/s1. The minimum atomic E-state index is -5.64. The molecule has 28 heteroatoms. The van der Waals surface area contributed by atoms with E-state index in [0.717, 1.165) is 28.4 Å². The summed E-state index contributed by atoms with van der Waals surface area (Å²) in [6.45, 7) is -2.50. The van der Waals surface area contributed by atoms with E-state index in [-0.39, 0.29) is 12.3 Å². The summed E-state index contributed by atoms with van der Waals surface area (Å²) in [7, 11) is -12.7. The van der Waals surface area contributed by atoms with Gasteiger partial charge >= 0.3 is 0 Å². The molecule has 0 aromatic heterocycles. The lowest BCUT2D eigenvalue weighted by Crippen LogP contribution is -2.66. The molecule has 2 saturated heterocycles. The fraction of sp³-hybridized carbons (Fsp3) is 1.00. The summed E-state index contributed by atoms with van der Waals surface area (Å²) in [5, 5.41) is 15.5. The van der Waals surface area contributed by atoms with Crippen LogP contribution in [0.25, 0.3) is 0 Å². The third kappa shape index (κ3) is 12.3. The molecule has 0 radical (unpaired) electrons. The molecule has 0 saturated carbocycles. The van der Waals surface area contributed by atoms with Gasteiger partial charge in [-0.15, -0.1) is 4.33 Å². The summed E-state index contributed by atoms with van der Waals surface area (Å²) in [5.74, 6) is 0. The van der Waals surface area contributed by atoms with Crippen LogP contribution >= 0.6 is 12.3 Å². The zero-order chi connectivity index (χ0) is 33.3. The average molecular weight is 731 g/mol. The van der Waals surface area contributed by atoms with Crippen LogP contribution < -0.4 is 5.11 Å². The van der Waals surface area contributed by atoms with Gasteiger partial charge in [-0.25, -0.2) is 30.1 Å². The molecule has 2 fully saturated rings. The van der Waals surface area contributed by atoms with Crippen molar-refractivity contribution in [1.29, 1.82) is 0 Å². The highest BCUT2D eigenvalue weighted by Crippen LogP contribution is 2.36. The van der Waals surface area contributed by atoms with E-state index in [1.807, 2.05) is 0 Å². The van der Waals surface area contributed by atoms with Gasteiger partial charge in [0.15, 0.2) is 49.5 Å². The van der Waals surface area contributed by atoms with Crippen LogP contribution in [0.4, 0.5) is 0 Å². The van der Waals surface area contributed by atoms with Crippen molar-refractivity contribution in [2.24, 2.45) is 0 Å². The van der Waals surface area contributed by atoms with Gasteiger partial charge in [-0.1, -0.05) is 5.04 Å². The van der Waals surface area contributed by atoms with Gasteiger partial charge in [0.25, 0.3) is 0 Å². The first-order chi connectivity index (χ1) is 20.5. The van der Waals surface area contributed by atoms with E-state index >= 15 is 0 Å². The van der Waals surface area contributed by atoms with Gasteiger partial charge in [0, 0.05) is 21.3 Å². The molecule has 0 N–H and O–H groups in total. The van der Waals surface area contributed by atoms with E-state index in [2.05, 4.69) is 26.8 Å². The van der Waals surface area contributed by atoms with E-state index in [4.69, 9.17) is 37.3 Å². The fourth-order valence-corrected chi connectivity index (χ4v) is 5.63. The summed E-state index contributed by atoms with van der Waals surface area (Å²) in [6, 6.07) is 0. The number of hydrogen-bond donors (Lipinski definition) is 0. The Balaban J connectivity index is 2.57. The van der Waals surface area contributed by atoms with Crippen molar-refractivity contribution in [2.75, 3.05) is 41.8 Å². The van der Waals surface area contributed by atoms with Gasteiger partial charge in [-0.05, 0) is 6.79 Å². The van der Waals surface area contributed by atoms with Crippen molar-refractivity contribution in [1.82, 2.24) is 0 Å². The number of ether oxygens (including phenoxy) is 7. The van der Waals surface area contributed by atoms with Gasteiger partial charge in [0.1, 0.15) is 24.4 Å². The molecule has 262 valence electrons. The summed E-state index contributed by atoms with van der Waals surface area (Å²) >= 11 is 0.0384. The molecule has 2 aliphatic heterocycles. The Morgan fingerprint density at radius 2 is 1.25 bits per heavy atom. The van der Waals surface area contributed by atoms with Gasteiger partial charge in [-0.3, -0.25) is 16.7 Å². The first kappa shape index (κ1) is 39.7. The van der Waals surface area contributed by atoms with Crippen LogP contribution in [0.3, 0.4) is 0 Å². The van der Waals surface area contributed by atoms with E-state index in [0.29, 0.717) is 0 Å². The summed E-state index contributed by atoms with van der Waals surface area (Å²) in [5.41, 5.74) is 0. The highest BCUT2D eigenvalue weighted by Gasteiger charge is 2.55. The second kappa shape index (κ2) is 17.6. The highest BCUT2D eigenvalue weighted by molar-refractivity contribution is 7.89. The Morgan fingerprint density at radius 1 is 0.682 bits per heavy atom. The van der Waals surface area contributed by atoms with Crippen LogP contribution in [-0.2, 0) is 95.3 Å². The number of methoxy groups -OCH3 is 3. The van der Waals surface area contributed by atoms with Crippen LogP contribution in [0.2, 0.25) is 0 Å². The van der Waals surface area contributed by atoms with Crippen molar-refractivity contribution in [3.63, 3.8) is 0 Å². The summed E-state index contributed by atoms with van der Waals surface area (Å²) in [6.07, 6.45) is -19.1. The predicted molar refractivity (Wildman–Crippen MR) is 123 cm³/mol. The van der Waals surface area contributed by atoms with Crippen molar-refractivity contribution < 1.29 is 108 Å². The minimum Gasteiger partial charge on any atom is -0.834 e. The van der Waals surface area contributed by atoms with E-state index in [1.54, 1.807) is 0 Å². The molecule has 2 aliphatic rings. The topological polar surface area (TPSA) is 324 Å². The van der Waals surface area contributed by atoms with Crippen molar-refractivity contribution >= 4 is 43.5 Å². The molecule has 0 bridgehead atoms. The van der Waals surface area contributed by atoms with Crippen molar-refractivity contribution in [3.05, 3.63) is 0 Å². The van der Waals surface area contributed by atoms with Crippen molar-refractivity contribution in [2.45, 2.75) is 61.6 Å². The number of rotatable bonds is 19. The van der Waals surface area contributed by atoms with Gasteiger partial charge < -0.3 is 51.9 Å². The maximum atomic E-state index is 11.7. The fourth-order valence-electron chi connectivity index (χ4n) is 3.98. The highest BCUT2D eigenvalue weighted by atomic mass is 32.3. The first-order valence-electron chi connectivity index (χ1n) is 11.3. The second-order valence-corrected chi connectivity index (χ2v) is 11.5. The molecule has 0 aromatic carbocycles. The molecule has 44 heavy (non-hydrogen) atoms. The van der Waals surface area contributed by atoms with Crippen LogP contribution in [0.1, 0.15) is 0 Å².